The molecule has 1 aromatic rings. The Morgan fingerprint density at radius 1 is 0.925 bits per heavy atom. The van der Waals surface area contributed by atoms with E-state index >= 15 is 0 Å². The summed E-state index contributed by atoms with van der Waals surface area (Å²) in [4.78, 5) is 53.1. The van der Waals surface area contributed by atoms with Gasteiger partial charge in [0, 0.05) is 13.1 Å². The van der Waals surface area contributed by atoms with Crippen molar-refractivity contribution in [3.63, 3.8) is 0 Å². The van der Waals surface area contributed by atoms with Gasteiger partial charge in [0.15, 0.2) is 18.1 Å². The van der Waals surface area contributed by atoms with Crippen molar-refractivity contribution in [2.45, 2.75) is 85.5 Å². The Balaban J connectivity index is 1.64. The molecule has 3 saturated heterocycles. The first-order valence-electron chi connectivity index (χ1n) is 16.4. The van der Waals surface area contributed by atoms with Crippen LogP contribution in [0.4, 0.5) is 0 Å². The smallest absolute Gasteiger partial charge is 0.246 e. The lowest BCUT2D eigenvalue weighted by atomic mass is 9.95. The van der Waals surface area contributed by atoms with E-state index in [1.807, 2.05) is 0 Å². The van der Waals surface area contributed by atoms with E-state index in [0.29, 0.717) is 5.56 Å². The molecule has 293 valence electrons. The van der Waals surface area contributed by atoms with Crippen molar-refractivity contribution in [3.05, 3.63) is 29.8 Å². The number of hydrogen-bond acceptors (Lipinski definition) is 16. The summed E-state index contributed by atoms with van der Waals surface area (Å²) >= 11 is 0. The zero-order chi connectivity index (χ0) is 39.1. The van der Waals surface area contributed by atoms with Crippen molar-refractivity contribution in [2.75, 3.05) is 26.3 Å². The van der Waals surface area contributed by atoms with Crippen LogP contribution in [0.3, 0.4) is 0 Å². The highest BCUT2D eigenvalue weighted by Crippen LogP contribution is 2.28. The summed E-state index contributed by atoms with van der Waals surface area (Å²) in [5.74, 6) is -4.26. The zero-order valence-corrected chi connectivity index (χ0v) is 28.0. The maximum absolute atomic E-state index is 14.0. The number of rotatable bonds is 16. The molecule has 53 heavy (non-hydrogen) atoms. The highest BCUT2D eigenvalue weighted by atomic mass is 16.6. The van der Waals surface area contributed by atoms with Crippen molar-refractivity contribution in [1.29, 1.82) is 10.8 Å². The number of nitrogens with one attached hydrogen (secondary N) is 8. The number of guanidine groups is 2. The number of ether oxygens (including phenoxy) is 1. The van der Waals surface area contributed by atoms with Crippen LogP contribution >= 0.6 is 0 Å². The first-order valence-corrected chi connectivity index (χ1v) is 16.4. The van der Waals surface area contributed by atoms with Gasteiger partial charge in [0.05, 0.1) is 31.3 Å². The number of nitrogens with zero attached hydrogens (tertiary/aromatic N) is 1. The number of aliphatic hydroxyl groups excluding tert-OH is 7. The van der Waals surface area contributed by atoms with Crippen LogP contribution in [0, 0.1) is 10.8 Å². The van der Waals surface area contributed by atoms with Crippen LogP contribution in [-0.2, 0) is 30.3 Å². The number of benzene rings is 1. The van der Waals surface area contributed by atoms with Crippen LogP contribution in [0.25, 0.3) is 0 Å². The minimum absolute atomic E-state index is 0.0338. The van der Waals surface area contributed by atoms with Crippen LogP contribution in [0.1, 0.15) is 5.56 Å². The Hall–Kier alpha value is -4.72. The maximum Gasteiger partial charge on any atom is 0.246 e. The Labute approximate surface area is 301 Å². The van der Waals surface area contributed by atoms with Gasteiger partial charge in [-0.05, 0) is 24.1 Å². The summed E-state index contributed by atoms with van der Waals surface area (Å²) in [6, 6.07) is -3.75. The molecule has 0 aliphatic carbocycles. The van der Waals surface area contributed by atoms with Gasteiger partial charge in [-0.3, -0.25) is 30.0 Å². The molecular formula is C30H45N10O13. The molecule has 13 atom stereocenters. The number of phenolic OH excluding ortho intramolecular Hbond substituents is 1. The standard InChI is InChI=1S/C30H45N10O13/c31-14(5-11-1-3-13(44)4-2-11)25(50)38-18(20(45)15-6-34-29(32)37-15)27(52)39-19(26(51)36-12(8-41)9-42)21(46)16-7-35-30(33)40(16)28-24(49)23(48)22(47)17(10-43)53-28/h1-4,12,14-24,28,41,43-49H,5-8,10,31H2,(H2,33,35)(H,36,51)(H,38,50)(H,39,52)(H3,32,34,37)/t12-,14+,15?,16?,17+,18-,19+,20?,21?,22+,23-,24-,28-/m0/s1. The lowest BCUT2D eigenvalue weighted by molar-refractivity contribution is -0.260. The van der Waals surface area contributed by atoms with E-state index in [1.165, 1.54) is 30.6 Å². The highest BCUT2D eigenvalue weighted by molar-refractivity contribution is 5.95. The number of carbonyl (C=O) groups excluding carboxylic acids is 4. The van der Waals surface area contributed by atoms with Gasteiger partial charge in [0.25, 0.3) is 0 Å². The fourth-order valence-corrected chi connectivity index (χ4v) is 6.10. The second-order valence-corrected chi connectivity index (χ2v) is 12.7. The number of amides is 3. The van der Waals surface area contributed by atoms with Crippen LogP contribution in [0.5, 0.6) is 5.75 Å². The molecule has 4 unspecified atom stereocenters. The van der Waals surface area contributed by atoms with Crippen molar-refractivity contribution in [1.82, 2.24) is 36.8 Å². The molecule has 0 bridgehead atoms. The van der Waals surface area contributed by atoms with Gasteiger partial charge in [-0.2, -0.15) is 0 Å². The van der Waals surface area contributed by atoms with Crippen molar-refractivity contribution < 1.29 is 64.8 Å². The lowest BCUT2D eigenvalue weighted by Gasteiger charge is -2.46. The normalized spacial score (nSPS) is 29.0. The fraction of sp³-hybridized carbons (Fsp3) is 0.600. The van der Waals surface area contributed by atoms with Crippen molar-refractivity contribution in [3.8, 4) is 5.75 Å². The minimum Gasteiger partial charge on any atom is -0.508 e. The molecule has 0 saturated carbocycles. The first kappa shape index (κ1) is 41.0. The largest absolute Gasteiger partial charge is 0.508 e. The van der Waals surface area contributed by atoms with Gasteiger partial charge >= 0.3 is 0 Å². The monoisotopic (exact) mass is 753 g/mol. The predicted molar refractivity (Wildman–Crippen MR) is 178 cm³/mol. The van der Waals surface area contributed by atoms with Gasteiger partial charge in [-0.1, -0.05) is 12.1 Å². The van der Waals surface area contributed by atoms with Crippen LogP contribution in [0.2, 0.25) is 0 Å². The molecule has 1 aromatic carbocycles. The minimum atomic E-state index is -2.11. The maximum atomic E-state index is 14.0. The molecule has 4 rings (SSSR count). The zero-order valence-electron chi connectivity index (χ0n) is 28.0. The number of hydrogen-bond donors (Lipinski definition) is 17. The summed E-state index contributed by atoms with van der Waals surface area (Å²) in [5.41, 5.74) is 6.63. The van der Waals surface area contributed by atoms with E-state index in [0.717, 1.165) is 4.90 Å². The number of phenols is 1. The Morgan fingerprint density at radius 2 is 1.55 bits per heavy atom. The van der Waals surface area contributed by atoms with Crippen LogP contribution in [-0.4, -0.2) is 187 Å². The van der Waals surface area contributed by atoms with Gasteiger partial charge < -0.3 is 88.1 Å². The van der Waals surface area contributed by atoms with Gasteiger partial charge in [0.1, 0.15) is 60.5 Å². The van der Waals surface area contributed by atoms with E-state index in [9.17, 15) is 60.0 Å². The van der Waals surface area contributed by atoms with Gasteiger partial charge in [0.2, 0.25) is 24.0 Å². The number of aromatic hydroxyl groups is 1. The Bertz CT molecular complexity index is 1490. The predicted octanol–water partition coefficient (Wildman–Crippen LogP) is -8.96. The molecule has 3 aliphatic heterocycles. The molecule has 18 N–H and O–H groups in total. The SMILES string of the molecule is N=C1NCC(C(O)[C@H](NC(=O)[C@H](N)Cc2ccc(O)cc2)C(=O)N[C@@H](C(=O)N[C@H]([C]=O)CO)C(O)C2CNC(=N)N2[C@H]2O[C@H](CO)[C@@H](O)[C@H](O)[C@@H]2O)N1. The highest BCUT2D eigenvalue weighted by Gasteiger charge is 2.52. The fourth-order valence-electron chi connectivity index (χ4n) is 6.10. The van der Waals surface area contributed by atoms with Gasteiger partial charge in [-0.15, -0.1) is 0 Å². The summed E-state index contributed by atoms with van der Waals surface area (Å²) in [5, 5.41) is 114. The molecule has 3 heterocycles. The molecule has 3 amide bonds. The van der Waals surface area contributed by atoms with E-state index in [2.05, 4.69) is 31.9 Å². The Kier molecular flexibility index (Phi) is 13.8. The summed E-state index contributed by atoms with van der Waals surface area (Å²) in [7, 11) is 0. The summed E-state index contributed by atoms with van der Waals surface area (Å²) in [6.07, 6.45) is -11.3. The van der Waals surface area contributed by atoms with Crippen molar-refractivity contribution in [2.24, 2.45) is 5.73 Å². The molecule has 3 aliphatic rings. The van der Waals surface area contributed by atoms with E-state index in [4.69, 9.17) is 21.3 Å². The van der Waals surface area contributed by atoms with E-state index in [-0.39, 0.29) is 31.2 Å². The Morgan fingerprint density at radius 3 is 2.13 bits per heavy atom. The third-order valence-corrected chi connectivity index (χ3v) is 9.08. The topological polar surface area (TPSA) is 388 Å². The molecule has 23 nitrogen and oxygen atoms in total. The van der Waals surface area contributed by atoms with E-state index in [1.54, 1.807) is 0 Å². The molecule has 1 radical (unpaired) electrons. The average Bonchev–Trinajstić information content (AvgIpc) is 3.76. The second kappa shape index (κ2) is 17.9. The van der Waals surface area contributed by atoms with Crippen LogP contribution < -0.4 is 37.6 Å². The molecule has 23 heteroatoms. The average molecular weight is 754 g/mol. The molecule has 3 fully saturated rings. The van der Waals surface area contributed by atoms with Gasteiger partial charge in [-0.25, -0.2) is 0 Å². The molecule has 0 aromatic heterocycles. The van der Waals surface area contributed by atoms with Crippen molar-refractivity contribution >= 4 is 35.9 Å². The molecular weight excluding hydrogens is 708 g/mol. The second-order valence-electron chi connectivity index (χ2n) is 12.7. The lowest BCUT2D eigenvalue weighted by Crippen LogP contribution is -2.69. The quantitative estimate of drug-likeness (QED) is 0.0745. The summed E-state index contributed by atoms with van der Waals surface area (Å²) in [6.45, 7) is -2.20. The number of aliphatic hydroxyl groups is 7. The number of nitrogens with two attached hydrogens (primary N) is 1. The third kappa shape index (κ3) is 9.45. The first-order chi connectivity index (χ1) is 25.1. The summed E-state index contributed by atoms with van der Waals surface area (Å²) < 4.78 is 5.55. The van der Waals surface area contributed by atoms with E-state index < -0.39 is 116 Å². The molecule has 0 spiro atoms. The van der Waals surface area contributed by atoms with Crippen LogP contribution in [0.15, 0.2) is 24.3 Å². The number of carbonyl (C=O) groups is 3. The third-order valence-electron chi connectivity index (χ3n) is 9.08.